The van der Waals surface area contributed by atoms with Crippen LogP contribution in [0.4, 0.5) is 17.6 Å². The fourth-order valence-electron chi connectivity index (χ4n) is 4.52. The van der Waals surface area contributed by atoms with Gasteiger partial charge in [-0.1, -0.05) is 80.0 Å². The Morgan fingerprint density at radius 2 is 1.13 bits per heavy atom. The van der Waals surface area contributed by atoms with E-state index in [1.165, 1.54) is 42.5 Å². The molecule has 1 N–H and O–H groups in total. The van der Waals surface area contributed by atoms with Crippen molar-refractivity contribution >= 4 is 84.4 Å². The van der Waals surface area contributed by atoms with Gasteiger partial charge in [-0.15, -0.1) is 0 Å². The van der Waals surface area contributed by atoms with E-state index in [2.05, 4.69) is 98.5 Å². The third-order valence-electron chi connectivity index (χ3n) is 8.29. The minimum Gasteiger partial charge on any atom is -1.00 e. The number of carbonyl (C=O) groups excluding carboxylic acids is 1. The molecule has 1 unspecified atom stereocenters. The number of benzene rings is 4. The fraction of sp³-hybridized carbons (Fsp3) is 0.419. The second-order valence-electron chi connectivity index (χ2n) is 14.6. The number of phenolic OH excluding ortho intramolecular Hbond substituents is 1. The molecule has 0 aliphatic carbocycles. The molecule has 0 aliphatic heterocycles. The Hall–Kier alpha value is 0.803. The Morgan fingerprint density at radius 1 is 0.758 bits per heavy atom. The second-order valence-corrected chi connectivity index (χ2v) is 19.7. The topological polar surface area (TPSA) is 131 Å². The minimum atomic E-state index is -3.64. The summed E-state index contributed by atoms with van der Waals surface area (Å²) in [4.78, 5) is 11.5. The maximum atomic E-state index is 13.2. The van der Waals surface area contributed by atoms with E-state index in [1.807, 2.05) is 29.5 Å². The van der Waals surface area contributed by atoms with Crippen LogP contribution in [0.15, 0.2) is 83.8 Å². The van der Waals surface area contributed by atoms with Crippen LogP contribution in [-0.2, 0) is 24.0 Å². The summed E-state index contributed by atoms with van der Waals surface area (Å²) in [7, 11) is -4.64. The standard InChI is InChI=1S/C19H20F2I2O2.C15H24O3S.C6H4FIO.CH3F.CH2O3.CH4.2K.H/c1-19(2,3)12(10-24-17-6-4-13(20)8-15(17)22)11-25-18-7-5-14(21)9-16(18)23;1-6-13(15(3,4)5)11-18-19(16,17)14-9-7-12(2)8-10-14;7-4-1-2-6(9)5(8)3-4;1-2;2-1-4-3;;;;/h4-9,12H,10-11H2,1-3H3;7-10,13H,6,11H2,1-5H3;1-3,9H;1H3;1,3H;1H4;;;/q;;;;;;2*+1;-1/p-1/i;;;1D;;;;;. The van der Waals surface area contributed by atoms with E-state index < -0.39 is 17.3 Å². The summed E-state index contributed by atoms with van der Waals surface area (Å²) in [6, 6.07) is 19.5. The number of aryl methyl sites for hydroxylation is 1. The molecule has 0 saturated carbocycles. The molecule has 340 valence electrons. The first-order valence-corrected chi connectivity index (χ1v) is 22.3. The van der Waals surface area contributed by atoms with Crippen molar-refractivity contribution in [3.8, 4) is 17.2 Å². The predicted octanol–water partition coefficient (Wildman–Crippen LogP) is 5.98. The fourth-order valence-corrected chi connectivity index (χ4v) is 7.21. The molecule has 0 aliphatic rings. The Labute approximate surface area is 495 Å². The number of halogens is 7. The van der Waals surface area contributed by atoms with Crippen molar-refractivity contribution in [1.29, 1.82) is 0 Å². The number of carbonyl (C=O) groups is 1. The molecule has 0 saturated heterocycles. The predicted molar refractivity (Wildman–Crippen MR) is 253 cm³/mol. The number of aromatic hydroxyl groups is 1. The average Bonchev–Trinajstić information content (AvgIpc) is 3.15. The first-order chi connectivity index (χ1) is 27.9. The molecule has 0 heterocycles. The van der Waals surface area contributed by atoms with E-state index in [-0.39, 0.29) is 175 Å². The second kappa shape index (κ2) is 35.9. The molecule has 4 aromatic rings. The average molecular weight is 1290 g/mol. The van der Waals surface area contributed by atoms with Gasteiger partial charge in [-0.05, 0) is 158 Å². The van der Waals surface area contributed by atoms with E-state index in [4.69, 9.17) is 30.2 Å². The zero-order chi connectivity index (χ0) is 46.3. The third-order valence-corrected chi connectivity index (χ3v) is 12.1. The van der Waals surface area contributed by atoms with E-state index in [0.29, 0.717) is 28.3 Å². The SMILES string of the molecule is C.CC(C)(C)C(COc1ccc(F)cc1I)COc1ccc(F)cc1I.CCC(COS(=O)(=O)c1ccc(C)cc1)C(C)(C)C.O=CO[O-].Oc1ccc(F)cc1I.[2H]CF.[H-].[K+].[K+]. The monoisotopic (exact) mass is 1290 g/mol. The van der Waals surface area contributed by atoms with Gasteiger partial charge in [0.1, 0.15) is 34.7 Å². The van der Waals surface area contributed by atoms with Gasteiger partial charge < -0.3 is 26.2 Å². The van der Waals surface area contributed by atoms with Crippen molar-refractivity contribution in [3.63, 3.8) is 0 Å². The molecular weight excluding hydrogens is 1230 g/mol. The van der Waals surface area contributed by atoms with Crippen LogP contribution in [0.3, 0.4) is 0 Å². The summed E-state index contributed by atoms with van der Waals surface area (Å²) in [5, 5.41) is 17.3. The number of rotatable bonds is 12. The number of ether oxygens (including phenoxy) is 2. The molecule has 0 fully saturated rings. The first-order valence-electron chi connectivity index (χ1n) is 18.4. The van der Waals surface area contributed by atoms with Crippen LogP contribution >= 0.6 is 67.8 Å². The van der Waals surface area contributed by atoms with Crippen LogP contribution in [0.5, 0.6) is 17.2 Å². The van der Waals surface area contributed by atoms with Gasteiger partial charge in [-0.2, -0.15) is 8.42 Å². The molecule has 4 aromatic carbocycles. The number of hydrogen-bond acceptors (Lipinski definition) is 9. The molecule has 0 aromatic heterocycles. The number of hydrogen-bond donors (Lipinski definition) is 1. The molecule has 4 rings (SSSR count). The van der Waals surface area contributed by atoms with Crippen LogP contribution in [-0.4, -0.2) is 47.0 Å². The van der Waals surface area contributed by atoms with Crippen molar-refractivity contribution in [3.05, 3.63) is 113 Å². The molecule has 0 radical (unpaired) electrons. The van der Waals surface area contributed by atoms with Gasteiger partial charge >= 0.3 is 103 Å². The summed E-state index contributed by atoms with van der Waals surface area (Å²) in [5.74, 6) is 0.882. The molecule has 0 bridgehead atoms. The summed E-state index contributed by atoms with van der Waals surface area (Å²) in [6.45, 7) is 17.6. The third kappa shape index (κ3) is 28.9. The van der Waals surface area contributed by atoms with Crippen LogP contribution in [0, 0.1) is 57.8 Å². The summed E-state index contributed by atoms with van der Waals surface area (Å²) < 4.78 is 97.3. The maximum absolute atomic E-state index is 13.2. The summed E-state index contributed by atoms with van der Waals surface area (Å²) >= 11 is 5.98. The summed E-state index contributed by atoms with van der Waals surface area (Å²) in [6.07, 6.45) is 0.896. The van der Waals surface area contributed by atoms with E-state index in [0.717, 1.165) is 19.1 Å². The maximum Gasteiger partial charge on any atom is 1.00 e. The van der Waals surface area contributed by atoms with E-state index >= 15 is 0 Å². The zero-order valence-electron chi connectivity index (χ0n) is 38.0. The van der Waals surface area contributed by atoms with Crippen molar-refractivity contribution in [2.24, 2.45) is 22.7 Å². The van der Waals surface area contributed by atoms with Crippen molar-refractivity contribution in [2.45, 2.75) is 74.1 Å². The Morgan fingerprint density at radius 3 is 1.44 bits per heavy atom. The minimum absolute atomic E-state index is 0. The van der Waals surface area contributed by atoms with Gasteiger partial charge in [0.15, 0.2) is 0 Å². The molecule has 19 heteroatoms. The summed E-state index contributed by atoms with van der Waals surface area (Å²) in [5.41, 5.74) is 1.02. The van der Waals surface area contributed by atoms with Crippen molar-refractivity contribution in [2.75, 3.05) is 27.0 Å². The van der Waals surface area contributed by atoms with E-state index in [9.17, 15) is 26.0 Å². The quantitative estimate of drug-likeness (QED) is 0.0347. The van der Waals surface area contributed by atoms with E-state index in [1.54, 1.807) is 36.4 Å². The van der Waals surface area contributed by atoms with Crippen LogP contribution in [0.1, 0.15) is 70.7 Å². The van der Waals surface area contributed by atoms with Crippen LogP contribution < -0.4 is 118 Å². The Balaban J connectivity index is -0.000000263. The molecule has 0 spiro atoms. The van der Waals surface area contributed by atoms with Crippen molar-refractivity contribution < 1.29 is 165 Å². The number of alkyl halides is 1. The van der Waals surface area contributed by atoms with Gasteiger partial charge in [0.05, 0.1) is 44.0 Å². The first kappa shape index (κ1) is 67.1. The van der Waals surface area contributed by atoms with Gasteiger partial charge in [0, 0.05) is 5.92 Å². The molecule has 9 nitrogen and oxygen atoms in total. The van der Waals surface area contributed by atoms with Crippen LogP contribution in [0.2, 0.25) is 0 Å². The van der Waals surface area contributed by atoms with Gasteiger partial charge in [0.25, 0.3) is 16.6 Å². The zero-order valence-corrected chi connectivity index (χ0v) is 49.6. The molecule has 1 atom stereocenters. The molecule has 62 heavy (non-hydrogen) atoms. The number of phenols is 1. The van der Waals surface area contributed by atoms with Gasteiger partial charge in [-0.3, -0.25) is 13.4 Å². The Bertz CT molecular complexity index is 1930. The smallest absolute Gasteiger partial charge is 1.00 e. The van der Waals surface area contributed by atoms with Gasteiger partial charge in [0.2, 0.25) is 0 Å². The van der Waals surface area contributed by atoms with Crippen molar-refractivity contribution in [1.82, 2.24) is 0 Å². The Kier molecular flexibility index (Phi) is 38.8. The normalized spacial score (nSPS) is 11.1. The van der Waals surface area contributed by atoms with Crippen LogP contribution in [0.25, 0.3) is 0 Å². The van der Waals surface area contributed by atoms with Gasteiger partial charge in [-0.25, -0.2) is 13.2 Å². The molecular formula is C43H57F4I3K2O9S. The largest absolute Gasteiger partial charge is 1.00 e. The molecule has 0 amide bonds.